The second-order valence-corrected chi connectivity index (χ2v) is 7.11. The van der Waals surface area contributed by atoms with Crippen molar-refractivity contribution in [2.75, 3.05) is 41.4 Å². The zero-order valence-electron chi connectivity index (χ0n) is 17.4. The van der Waals surface area contributed by atoms with E-state index in [9.17, 15) is 14.4 Å². The summed E-state index contributed by atoms with van der Waals surface area (Å²) in [5, 5.41) is 8.31. The van der Waals surface area contributed by atoms with E-state index in [4.69, 9.17) is 9.84 Å². The lowest BCUT2D eigenvalue weighted by Crippen LogP contribution is -2.34. The van der Waals surface area contributed by atoms with Crippen LogP contribution in [0.25, 0.3) is 0 Å². The molecule has 156 valence electrons. The van der Waals surface area contributed by atoms with Crippen LogP contribution in [0.5, 0.6) is 0 Å². The van der Waals surface area contributed by atoms with Crippen molar-refractivity contribution in [1.82, 2.24) is 9.80 Å². The summed E-state index contributed by atoms with van der Waals surface area (Å²) in [6.45, 7) is 9.69. The Morgan fingerprint density at radius 2 is 1.19 bits per heavy atom. The molecule has 0 saturated carbocycles. The summed E-state index contributed by atoms with van der Waals surface area (Å²) in [6.07, 6.45) is 0. The molecule has 26 heavy (non-hydrogen) atoms. The third-order valence-electron chi connectivity index (χ3n) is 3.15. The van der Waals surface area contributed by atoms with Gasteiger partial charge in [0, 0.05) is 0 Å². The Kier molecular flexibility index (Phi) is 19.6. The zero-order chi connectivity index (χ0) is 21.4. The Hall–Kier alpha value is -1.19. The first-order valence-electron chi connectivity index (χ1n) is 8.36. The monoisotopic (exact) mass is 442 g/mol. The number of carbonyl (C=O) groups excluding carboxylic acids is 2. The topological polar surface area (TPSA) is 96.4 Å². The number of carbonyl (C=O) groups is 3. The fourth-order valence-corrected chi connectivity index (χ4v) is 1.08. The summed E-state index contributed by atoms with van der Waals surface area (Å²) in [5.74, 6) is -1.14. The molecule has 0 aliphatic carbocycles. The second kappa shape index (κ2) is 17.2. The first kappa shape index (κ1) is 29.6. The first-order valence-corrected chi connectivity index (χ1v) is 9.27. The first-order chi connectivity index (χ1) is 11.8. The highest BCUT2D eigenvalue weighted by atomic mass is 79.9. The molecule has 0 aromatic carbocycles. The van der Waals surface area contributed by atoms with Crippen molar-refractivity contribution in [3.05, 3.63) is 0 Å². The minimum absolute atomic E-state index is 0.139. The molecule has 9 heteroatoms. The van der Waals surface area contributed by atoms with Gasteiger partial charge in [-0.1, -0.05) is 15.9 Å². The molecule has 0 aromatic rings. The van der Waals surface area contributed by atoms with E-state index in [2.05, 4.69) is 20.7 Å². The minimum Gasteiger partial charge on any atom is -0.480 e. The normalized spacial score (nSPS) is 13.4. The molecule has 8 nitrogen and oxygen atoms in total. The van der Waals surface area contributed by atoms with Crippen LogP contribution in [0.1, 0.15) is 34.6 Å². The van der Waals surface area contributed by atoms with Gasteiger partial charge in [0.05, 0.1) is 13.2 Å². The number of alkyl halides is 1. The maximum Gasteiger partial charge on any atom is 0.323 e. The number of hydrogen-bond acceptors (Lipinski definition) is 7. The lowest BCUT2D eigenvalue weighted by Gasteiger charge is -2.17. The Morgan fingerprint density at radius 1 is 0.846 bits per heavy atom. The summed E-state index contributed by atoms with van der Waals surface area (Å²) in [7, 11) is 7.17. The van der Waals surface area contributed by atoms with Gasteiger partial charge in [-0.3, -0.25) is 24.2 Å². The summed E-state index contributed by atoms with van der Waals surface area (Å²) < 4.78 is 9.40. The van der Waals surface area contributed by atoms with Crippen molar-refractivity contribution < 1.29 is 29.0 Å². The van der Waals surface area contributed by atoms with Gasteiger partial charge in [-0.25, -0.2) is 0 Å². The Bertz CT molecular complexity index is 403. The van der Waals surface area contributed by atoms with E-state index in [1.165, 1.54) is 0 Å². The number of carboxylic acid groups (broad SMARTS) is 1. The number of ether oxygens (including phenoxy) is 2. The van der Waals surface area contributed by atoms with Crippen LogP contribution < -0.4 is 0 Å². The van der Waals surface area contributed by atoms with Gasteiger partial charge < -0.3 is 14.6 Å². The molecule has 0 aliphatic heterocycles. The van der Waals surface area contributed by atoms with Crippen molar-refractivity contribution in [1.29, 1.82) is 0 Å². The van der Waals surface area contributed by atoms with Gasteiger partial charge in [-0.05, 0) is 62.8 Å². The molecule has 0 saturated heterocycles. The summed E-state index contributed by atoms with van der Waals surface area (Å²) >= 11 is 3.07. The minimum atomic E-state index is -0.782. The Balaban J connectivity index is -0.000000308. The SMILES string of the molecule is CC(C(=O)O)N(C)C.CCOC(=O)C(C)Br.CCOC(=O)C(C)N(C)C. The van der Waals surface area contributed by atoms with Crippen LogP contribution in [0.3, 0.4) is 0 Å². The number of hydrogen-bond donors (Lipinski definition) is 1. The van der Waals surface area contributed by atoms with Crippen molar-refractivity contribution in [3.8, 4) is 0 Å². The van der Waals surface area contributed by atoms with Gasteiger partial charge >= 0.3 is 17.9 Å². The molecule has 1 N–H and O–H groups in total. The number of aliphatic carboxylic acids is 1. The van der Waals surface area contributed by atoms with E-state index in [0.29, 0.717) is 13.2 Å². The third kappa shape index (κ3) is 17.6. The third-order valence-corrected chi connectivity index (χ3v) is 3.52. The predicted molar refractivity (Wildman–Crippen MR) is 106 cm³/mol. The quantitative estimate of drug-likeness (QED) is 0.471. The molecule has 0 bridgehead atoms. The van der Waals surface area contributed by atoms with Crippen LogP contribution in [0.2, 0.25) is 0 Å². The zero-order valence-corrected chi connectivity index (χ0v) is 19.0. The smallest absolute Gasteiger partial charge is 0.323 e. The number of carboxylic acids is 1. The summed E-state index contributed by atoms with van der Waals surface area (Å²) in [4.78, 5) is 34.8. The largest absolute Gasteiger partial charge is 0.480 e. The average Bonchev–Trinajstić information content (AvgIpc) is 2.54. The highest BCUT2D eigenvalue weighted by molar-refractivity contribution is 9.10. The summed E-state index contributed by atoms with van der Waals surface area (Å²) in [5.41, 5.74) is 0. The second-order valence-electron chi connectivity index (χ2n) is 5.74. The predicted octanol–water partition coefficient (Wildman–Crippen LogP) is 1.85. The molecule has 0 spiro atoms. The van der Waals surface area contributed by atoms with Crippen molar-refractivity contribution in [2.45, 2.75) is 51.5 Å². The lowest BCUT2D eigenvalue weighted by atomic mass is 10.3. The van der Waals surface area contributed by atoms with E-state index in [-0.39, 0.29) is 28.8 Å². The van der Waals surface area contributed by atoms with Gasteiger partial charge in [0.25, 0.3) is 0 Å². The van der Waals surface area contributed by atoms with Gasteiger partial charge in [0.1, 0.15) is 16.9 Å². The standard InChI is InChI=1S/C7H15NO2.C5H9BrO2.C5H11NO2/c1-5-10-7(9)6(2)8(3)4;1-3-8-5(7)4(2)6;1-4(5(7)8)6(2)3/h6H,5H2,1-4H3;4H,3H2,1-2H3;4H,1-3H3,(H,7,8). The van der Waals surface area contributed by atoms with Crippen LogP contribution in [-0.4, -0.2) is 91.1 Å². The van der Waals surface area contributed by atoms with E-state index in [1.807, 2.05) is 25.9 Å². The highest BCUT2D eigenvalue weighted by Crippen LogP contribution is 1.98. The molecule has 0 amide bonds. The molecule has 0 aromatic heterocycles. The molecule has 0 fully saturated rings. The Morgan fingerprint density at radius 3 is 1.35 bits per heavy atom. The fourth-order valence-electron chi connectivity index (χ4n) is 0.952. The molecule has 0 heterocycles. The molecular weight excluding hydrogens is 408 g/mol. The maximum atomic E-state index is 10.9. The molecule has 3 atom stereocenters. The Labute approximate surface area is 165 Å². The number of esters is 2. The number of rotatable bonds is 7. The number of halogens is 1. The maximum absolute atomic E-state index is 10.9. The van der Waals surface area contributed by atoms with Gasteiger partial charge in [-0.15, -0.1) is 0 Å². The van der Waals surface area contributed by atoms with Crippen molar-refractivity contribution in [2.24, 2.45) is 0 Å². The molecule has 0 radical (unpaired) electrons. The van der Waals surface area contributed by atoms with Crippen LogP contribution in [0.4, 0.5) is 0 Å². The van der Waals surface area contributed by atoms with E-state index in [0.717, 1.165) is 0 Å². The van der Waals surface area contributed by atoms with E-state index in [1.54, 1.807) is 46.7 Å². The summed E-state index contributed by atoms with van der Waals surface area (Å²) in [6, 6.07) is -0.519. The van der Waals surface area contributed by atoms with Gasteiger partial charge in [0.2, 0.25) is 0 Å². The van der Waals surface area contributed by atoms with E-state index >= 15 is 0 Å². The van der Waals surface area contributed by atoms with Crippen LogP contribution >= 0.6 is 15.9 Å². The highest BCUT2D eigenvalue weighted by Gasteiger charge is 2.14. The molecule has 0 rings (SSSR count). The number of likely N-dealkylation sites (N-methyl/N-ethyl adjacent to an activating group) is 2. The van der Waals surface area contributed by atoms with Gasteiger partial charge in [0.15, 0.2) is 0 Å². The molecule has 0 aliphatic rings. The van der Waals surface area contributed by atoms with Crippen LogP contribution in [-0.2, 0) is 23.9 Å². The van der Waals surface area contributed by atoms with E-state index < -0.39 is 5.97 Å². The van der Waals surface area contributed by atoms with Crippen LogP contribution in [0, 0.1) is 0 Å². The van der Waals surface area contributed by atoms with Crippen molar-refractivity contribution in [3.63, 3.8) is 0 Å². The van der Waals surface area contributed by atoms with Crippen LogP contribution in [0.15, 0.2) is 0 Å². The fraction of sp³-hybridized carbons (Fsp3) is 0.824. The molecule has 3 unspecified atom stereocenters. The molecular formula is C17H35BrN2O6. The van der Waals surface area contributed by atoms with Gasteiger partial charge in [-0.2, -0.15) is 0 Å². The van der Waals surface area contributed by atoms with Crippen molar-refractivity contribution >= 4 is 33.8 Å². The average molecular weight is 443 g/mol. The number of nitrogens with zero attached hydrogens (tertiary/aromatic N) is 2. The lowest BCUT2D eigenvalue weighted by molar-refractivity contribution is -0.148.